The molecule has 0 saturated heterocycles. The smallest absolute Gasteiger partial charge is 0.341 e. The van der Waals surface area contributed by atoms with Crippen molar-refractivity contribution in [1.29, 1.82) is 0 Å². The molecule has 0 spiro atoms. The minimum absolute atomic E-state index is 0.211. The highest BCUT2D eigenvalue weighted by atomic mass is 32.2. The number of nitrogens with one attached hydrogen (secondary N) is 2. The molecule has 3 atom stereocenters. The zero-order chi connectivity index (χ0) is 29.5. The maximum absolute atomic E-state index is 13.2. The van der Waals surface area contributed by atoms with E-state index in [1.165, 1.54) is 23.1 Å². The van der Waals surface area contributed by atoms with Crippen LogP contribution in [0, 0.1) is 18.8 Å². The number of anilines is 2. The Kier molecular flexibility index (Phi) is 10.0. The van der Waals surface area contributed by atoms with Crippen molar-refractivity contribution in [3.05, 3.63) is 77.2 Å². The molecule has 3 unspecified atom stereocenters. The summed E-state index contributed by atoms with van der Waals surface area (Å²) in [6.07, 6.45) is 4.32. The van der Waals surface area contributed by atoms with Crippen molar-refractivity contribution in [1.82, 2.24) is 0 Å². The van der Waals surface area contributed by atoms with Gasteiger partial charge in [-0.2, -0.15) is 0 Å². The van der Waals surface area contributed by atoms with Gasteiger partial charge in [-0.05, 0) is 57.4 Å². The fraction of sp³-hybridized carbons (Fsp3) is 0.290. The van der Waals surface area contributed by atoms with Gasteiger partial charge < -0.3 is 20.5 Å². The second-order valence-electron chi connectivity index (χ2n) is 9.70. The largest absolute Gasteiger partial charge is 0.481 e. The number of hydrogen-bond donors (Lipinski definition) is 3. The fourth-order valence-corrected chi connectivity index (χ4v) is 6.42. The molecular formula is C31H32N2O6S2. The first-order valence-electron chi connectivity index (χ1n) is 13.3. The highest BCUT2D eigenvalue weighted by Crippen LogP contribution is 2.37. The van der Waals surface area contributed by atoms with Crippen LogP contribution >= 0.6 is 23.1 Å². The Balaban J connectivity index is 1.45. The Morgan fingerprint density at radius 3 is 2.44 bits per heavy atom. The van der Waals surface area contributed by atoms with Crippen molar-refractivity contribution in [3.63, 3.8) is 0 Å². The van der Waals surface area contributed by atoms with E-state index < -0.39 is 29.0 Å². The first kappa shape index (κ1) is 30.1. The van der Waals surface area contributed by atoms with Crippen LogP contribution in [0.2, 0.25) is 0 Å². The third-order valence-corrected chi connectivity index (χ3v) is 8.73. The number of carbonyl (C=O) groups excluding carboxylic acids is 3. The summed E-state index contributed by atoms with van der Waals surface area (Å²) in [5.41, 5.74) is 3.51. The number of aliphatic carboxylic acids is 1. The van der Waals surface area contributed by atoms with Crippen LogP contribution in [0.1, 0.15) is 42.6 Å². The molecule has 0 fully saturated rings. The summed E-state index contributed by atoms with van der Waals surface area (Å²) in [5.74, 6) is -3.52. The molecule has 8 nitrogen and oxygen atoms in total. The van der Waals surface area contributed by atoms with Crippen molar-refractivity contribution in [2.24, 2.45) is 11.8 Å². The number of aryl methyl sites for hydroxylation is 1. The Hall–Kier alpha value is -3.89. The number of allylic oxidation sites excluding steroid dienone is 2. The molecule has 2 amide bonds. The van der Waals surface area contributed by atoms with Crippen LogP contribution in [-0.4, -0.2) is 40.7 Å². The standard InChI is InChI=1S/C31H32N2O6S2/c1-4-39-31(38)26-25(20-14-12-18(2)13-15-20)17-40-29(26)33-27(34)19(3)41-22-9-7-8-21(16-22)32-28(35)23-10-5-6-11-24(23)30(36)37/h5-9,12-17,19,23-24H,4,10-11H2,1-3H3,(H,32,35)(H,33,34)(H,36,37). The highest BCUT2D eigenvalue weighted by Gasteiger charge is 2.34. The van der Waals surface area contributed by atoms with Gasteiger partial charge in [0.15, 0.2) is 0 Å². The average Bonchev–Trinajstić information content (AvgIpc) is 3.37. The van der Waals surface area contributed by atoms with E-state index in [0.29, 0.717) is 34.7 Å². The van der Waals surface area contributed by atoms with Crippen LogP contribution in [0.5, 0.6) is 0 Å². The van der Waals surface area contributed by atoms with Crippen molar-refractivity contribution in [2.75, 3.05) is 17.2 Å². The van der Waals surface area contributed by atoms with Gasteiger partial charge in [0.05, 0.1) is 23.7 Å². The molecule has 0 aliphatic heterocycles. The Bertz CT molecular complexity index is 1460. The summed E-state index contributed by atoms with van der Waals surface area (Å²) in [6.45, 7) is 5.69. The SMILES string of the molecule is CCOC(=O)c1c(-c2ccc(C)cc2)csc1NC(=O)C(C)Sc1cccc(NC(=O)C2CC=CCC2C(=O)O)c1. The fourth-order valence-electron chi connectivity index (χ4n) is 4.53. The van der Waals surface area contributed by atoms with Gasteiger partial charge in [0.25, 0.3) is 0 Å². The van der Waals surface area contributed by atoms with E-state index >= 15 is 0 Å². The summed E-state index contributed by atoms with van der Waals surface area (Å²) < 4.78 is 5.30. The van der Waals surface area contributed by atoms with E-state index in [4.69, 9.17) is 4.74 Å². The number of hydrogen-bond acceptors (Lipinski definition) is 7. The van der Waals surface area contributed by atoms with Crippen LogP contribution in [0.3, 0.4) is 0 Å². The number of benzene rings is 2. The molecule has 4 rings (SSSR count). The summed E-state index contributed by atoms with van der Waals surface area (Å²) in [7, 11) is 0. The molecule has 0 saturated carbocycles. The van der Waals surface area contributed by atoms with Crippen molar-refractivity contribution in [2.45, 2.75) is 43.8 Å². The molecule has 3 N–H and O–H groups in total. The molecule has 0 radical (unpaired) electrons. The maximum Gasteiger partial charge on any atom is 0.341 e. The monoisotopic (exact) mass is 592 g/mol. The number of amides is 2. The van der Waals surface area contributed by atoms with E-state index in [9.17, 15) is 24.3 Å². The number of carbonyl (C=O) groups is 4. The maximum atomic E-state index is 13.2. The van der Waals surface area contributed by atoms with Crippen molar-refractivity contribution < 1.29 is 29.0 Å². The quantitative estimate of drug-likeness (QED) is 0.137. The van der Waals surface area contributed by atoms with Gasteiger partial charge in [-0.3, -0.25) is 14.4 Å². The van der Waals surface area contributed by atoms with Crippen molar-refractivity contribution in [3.8, 4) is 11.1 Å². The number of carboxylic acids is 1. The molecule has 2 aromatic carbocycles. The first-order valence-corrected chi connectivity index (χ1v) is 15.1. The zero-order valence-electron chi connectivity index (χ0n) is 23.0. The predicted molar refractivity (Wildman–Crippen MR) is 162 cm³/mol. The second kappa shape index (κ2) is 13.6. The van der Waals surface area contributed by atoms with Gasteiger partial charge in [0.1, 0.15) is 10.6 Å². The third kappa shape index (κ3) is 7.45. The molecule has 1 aliphatic carbocycles. The zero-order valence-corrected chi connectivity index (χ0v) is 24.6. The van der Waals surface area contributed by atoms with Gasteiger partial charge in [0, 0.05) is 21.5 Å². The lowest BCUT2D eigenvalue weighted by molar-refractivity contribution is -0.146. The van der Waals surface area contributed by atoms with Crippen LogP contribution in [-0.2, 0) is 19.1 Å². The normalized spacial score (nSPS) is 17.0. The van der Waals surface area contributed by atoms with Gasteiger partial charge >= 0.3 is 11.9 Å². The molecule has 41 heavy (non-hydrogen) atoms. The summed E-state index contributed by atoms with van der Waals surface area (Å²) in [4.78, 5) is 51.3. The van der Waals surface area contributed by atoms with Crippen LogP contribution in [0.25, 0.3) is 11.1 Å². The third-order valence-electron chi connectivity index (χ3n) is 6.74. The molecule has 1 heterocycles. The van der Waals surface area contributed by atoms with Crippen LogP contribution in [0.15, 0.2) is 71.0 Å². The molecule has 214 valence electrons. The molecule has 3 aromatic rings. The van der Waals surface area contributed by atoms with Crippen LogP contribution in [0.4, 0.5) is 10.7 Å². The second-order valence-corrected chi connectivity index (χ2v) is 12.0. The minimum Gasteiger partial charge on any atom is -0.481 e. The van der Waals surface area contributed by atoms with E-state index in [1.807, 2.05) is 48.7 Å². The molecule has 10 heteroatoms. The Labute approximate surface area is 247 Å². The highest BCUT2D eigenvalue weighted by molar-refractivity contribution is 8.00. The Morgan fingerprint density at radius 2 is 1.76 bits per heavy atom. The lowest BCUT2D eigenvalue weighted by atomic mass is 9.82. The number of ether oxygens (including phenoxy) is 1. The Morgan fingerprint density at radius 1 is 1.05 bits per heavy atom. The minimum atomic E-state index is -0.985. The molecule has 0 bridgehead atoms. The van der Waals surface area contributed by atoms with Gasteiger partial charge in [0.2, 0.25) is 11.8 Å². The van der Waals surface area contributed by atoms with E-state index in [0.717, 1.165) is 16.0 Å². The summed E-state index contributed by atoms with van der Waals surface area (Å²) >= 11 is 2.57. The van der Waals surface area contributed by atoms with Gasteiger partial charge in [-0.1, -0.05) is 48.0 Å². The van der Waals surface area contributed by atoms with Gasteiger partial charge in [-0.15, -0.1) is 23.1 Å². The number of thiophene rings is 1. The van der Waals surface area contributed by atoms with E-state index in [-0.39, 0.29) is 18.4 Å². The van der Waals surface area contributed by atoms with E-state index in [1.54, 1.807) is 38.1 Å². The summed E-state index contributed by atoms with van der Waals surface area (Å²) in [6, 6.07) is 14.9. The number of rotatable bonds is 10. The average molecular weight is 593 g/mol. The first-order chi connectivity index (χ1) is 19.7. The van der Waals surface area contributed by atoms with Gasteiger partial charge in [-0.25, -0.2) is 4.79 Å². The summed E-state index contributed by atoms with van der Waals surface area (Å²) in [5, 5.41) is 17.0. The van der Waals surface area contributed by atoms with E-state index in [2.05, 4.69) is 10.6 Å². The number of carboxylic acid groups (broad SMARTS) is 1. The number of thioether (sulfide) groups is 1. The van der Waals surface area contributed by atoms with Crippen LogP contribution < -0.4 is 10.6 Å². The number of esters is 1. The molecular weight excluding hydrogens is 560 g/mol. The molecule has 1 aliphatic rings. The lowest BCUT2D eigenvalue weighted by Crippen LogP contribution is -2.34. The topological polar surface area (TPSA) is 122 Å². The van der Waals surface area contributed by atoms with Crippen molar-refractivity contribution >= 4 is 57.5 Å². The lowest BCUT2D eigenvalue weighted by Gasteiger charge is -2.24. The predicted octanol–water partition coefficient (Wildman–Crippen LogP) is 6.63. The molecule has 1 aromatic heterocycles.